The highest BCUT2D eigenvalue weighted by Crippen LogP contribution is 2.53. The number of hydrogen-bond donors (Lipinski definition) is 2. The first-order valence-corrected chi connectivity index (χ1v) is 7.37. The Kier molecular flexibility index (Phi) is 4.02. The number of carbonyl (C=O) groups excluding carboxylic acids is 2. The summed E-state index contributed by atoms with van der Waals surface area (Å²) in [5, 5.41) is 21.3. The number of allylic oxidation sites excluding steroid dienone is 1. The van der Waals surface area contributed by atoms with E-state index in [1.54, 1.807) is 20.8 Å². The molecule has 0 heterocycles. The van der Waals surface area contributed by atoms with Crippen molar-refractivity contribution < 1.29 is 24.5 Å². The number of rotatable bonds is 2. The summed E-state index contributed by atoms with van der Waals surface area (Å²) in [5.74, 6) is -1.84. The molecule has 5 nitrogen and oxygen atoms in total. The molecule has 2 aliphatic rings. The second-order valence-corrected chi connectivity index (χ2v) is 6.82. The van der Waals surface area contributed by atoms with Gasteiger partial charge in [0.15, 0.2) is 5.78 Å². The van der Waals surface area contributed by atoms with E-state index in [4.69, 9.17) is 4.74 Å². The molecule has 2 aliphatic carbocycles. The first-order valence-electron chi connectivity index (χ1n) is 7.37. The monoisotopic (exact) mass is 296 g/mol. The largest absolute Gasteiger partial charge is 0.469 e. The first kappa shape index (κ1) is 16.2. The predicted octanol–water partition coefficient (Wildman–Crippen LogP) is 1.08. The summed E-state index contributed by atoms with van der Waals surface area (Å²) in [6.45, 7) is 5.12. The SMILES string of the molecule is COC(=O)[C@H](C)[C@H]1CC[C@]2(C)C(=O)C=C[C@](C)(O)[C@@H]2[C@@H]1O. The second-order valence-electron chi connectivity index (χ2n) is 6.82. The molecule has 0 saturated heterocycles. The molecular formula is C16H24O5. The minimum Gasteiger partial charge on any atom is -0.469 e. The van der Waals surface area contributed by atoms with Crippen molar-refractivity contribution in [1.82, 2.24) is 0 Å². The van der Waals surface area contributed by atoms with Crippen LogP contribution in [0.1, 0.15) is 33.6 Å². The minimum absolute atomic E-state index is 0.0674. The number of fused-ring (bicyclic) bond motifs is 1. The van der Waals surface area contributed by atoms with E-state index in [0.29, 0.717) is 12.8 Å². The molecule has 5 heteroatoms. The van der Waals surface area contributed by atoms with Gasteiger partial charge in [-0.1, -0.05) is 13.8 Å². The molecule has 0 amide bonds. The Labute approximate surface area is 125 Å². The Morgan fingerprint density at radius 1 is 1.48 bits per heavy atom. The van der Waals surface area contributed by atoms with E-state index in [9.17, 15) is 19.8 Å². The van der Waals surface area contributed by atoms with Crippen LogP contribution in [0.3, 0.4) is 0 Å². The molecule has 118 valence electrons. The van der Waals surface area contributed by atoms with Crippen LogP contribution in [0.5, 0.6) is 0 Å². The highest BCUT2D eigenvalue weighted by Gasteiger charge is 2.58. The van der Waals surface area contributed by atoms with Gasteiger partial charge in [0.1, 0.15) is 0 Å². The normalized spacial score (nSPS) is 44.1. The molecule has 0 unspecified atom stereocenters. The Bertz CT molecular complexity index is 481. The molecule has 21 heavy (non-hydrogen) atoms. The number of carbonyl (C=O) groups is 2. The van der Waals surface area contributed by atoms with Gasteiger partial charge in [0.05, 0.1) is 24.7 Å². The van der Waals surface area contributed by atoms with E-state index in [0.717, 1.165) is 0 Å². The smallest absolute Gasteiger partial charge is 0.308 e. The number of ketones is 1. The number of hydrogen-bond acceptors (Lipinski definition) is 5. The van der Waals surface area contributed by atoms with Gasteiger partial charge < -0.3 is 14.9 Å². The molecule has 0 spiro atoms. The van der Waals surface area contributed by atoms with Gasteiger partial charge in [0.25, 0.3) is 0 Å². The van der Waals surface area contributed by atoms with E-state index < -0.39 is 29.0 Å². The van der Waals surface area contributed by atoms with Gasteiger partial charge in [-0.2, -0.15) is 0 Å². The fraction of sp³-hybridized carbons (Fsp3) is 0.750. The Morgan fingerprint density at radius 2 is 2.10 bits per heavy atom. The van der Waals surface area contributed by atoms with Crippen LogP contribution in [0.4, 0.5) is 0 Å². The molecule has 6 atom stereocenters. The maximum Gasteiger partial charge on any atom is 0.308 e. The van der Waals surface area contributed by atoms with Crippen molar-refractivity contribution in [2.45, 2.75) is 45.3 Å². The highest BCUT2D eigenvalue weighted by molar-refractivity contribution is 5.96. The zero-order valence-corrected chi connectivity index (χ0v) is 13.0. The maximum absolute atomic E-state index is 12.2. The third-order valence-electron chi connectivity index (χ3n) is 5.44. The average molecular weight is 296 g/mol. The van der Waals surface area contributed by atoms with Crippen LogP contribution in [0.2, 0.25) is 0 Å². The van der Waals surface area contributed by atoms with Crippen molar-refractivity contribution in [1.29, 1.82) is 0 Å². The van der Waals surface area contributed by atoms with Gasteiger partial charge in [-0.3, -0.25) is 9.59 Å². The summed E-state index contributed by atoms with van der Waals surface area (Å²) < 4.78 is 4.75. The lowest BCUT2D eigenvalue weighted by atomic mass is 9.52. The van der Waals surface area contributed by atoms with E-state index in [1.165, 1.54) is 19.3 Å². The van der Waals surface area contributed by atoms with E-state index >= 15 is 0 Å². The molecule has 2 N–H and O–H groups in total. The van der Waals surface area contributed by atoms with Crippen LogP contribution in [-0.2, 0) is 14.3 Å². The van der Waals surface area contributed by atoms with Gasteiger partial charge in [0, 0.05) is 11.3 Å². The van der Waals surface area contributed by atoms with Crippen molar-refractivity contribution >= 4 is 11.8 Å². The zero-order chi connectivity index (χ0) is 16.0. The quantitative estimate of drug-likeness (QED) is 0.745. The standard InChI is InChI=1S/C16H24O5/c1-9(14(19)21-4)10-5-7-15(2)11(17)6-8-16(3,20)13(15)12(10)18/h6,8-10,12-13,18,20H,5,7H2,1-4H3/t9-,10-,12-,13-,15-,16+/m1/s1. The van der Waals surface area contributed by atoms with Crippen LogP contribution in [0, 0.1) is 23.2 Å². The fourth-order valence-corrected chi connectivity index (χ4v) is 4.13. The summed E-state index contributed by atoms with van der Waals surface area (Å²) >= 11 is 0. The van der Waals surface area contributed by atoms with Crippen LogP contribution in [0.15, 0.2) is 12.2 Å². The maximum atomic E-state index is 12.2. The molecule has 1 saturated carbocycles. The van der Waals surface area contributed by atoms with Crippen molar-refractivity contribution in [3.05, 3.63) is 12.2 Å². The van der Waals surface area contributed by atoms with Crippen LogP contribution < -0.4 is 0 Å². The number of methoxy groups -OCH3 is 1. The number of esters is 1. The lowest BCUT2D eigenvalue weighted by Crippen LogP contribution is -2.60. The first-order chi connectivity index (χ1) is 9.65. The zero-order valence-electron chi connectivity index (χ0n) is 13.0. The summed E-state index contributed by atoms with van der Waals surface area (Å²) in [4.78, 5) is 24.0. The van der Waals surface area contributed by atoms with Gasteiger partial charge in [0.2, 0.25) is 0 Å². The Hall–Kier alpha value is -1.20. The fourth-order valence-electron chi connectivity index (χ4n) is 4.13. The van der Waals surface area contributed by atoms with Gasteiger partial charge in [-0.25, -0.2) is 0 Å². The molecule has 0 aromatic carbocycles. The molecule has 0 aliphatic heterocycles. The van der Waals surface area contributed by atoms with Crippen molar-refractivity contribution in [2.24, 2.45) is 23.2 Å². The van der Waals surface area contributed by atoms with Crippen LogP contribution >= 0.6 is 0 Å². The van der Waals surface area contributed by atoms with Crippen molar-refractivity contribution in [3.63, 3.8) is 0 Å². The topological polar surface area (TPSA) is 83.8 Å². The predicted molar refractivity (Wildman–Crippen MR) is 76.3 cm³/mol. The lowest BCUT2D eigenvalue weighted by Gasteiger charge is -2.53. The lowest BCUT2D eigenvalue weighted by molar-refractivity contribution is -0.172. The molecular weight excluding hydrogens is 272 g/mol. The van der Waals surface area contributed by atoms with E-state index in [2.05, 4.69) is 0 Å². The van der Waals surface area contributed by atoms with Crippen LogP contribution in [-0.4, -0.2) is 40.8 Å². The molecule has 0 aromatic heterocycles. The van der Waals surface area contributed by atoms with Crippen molar-refractivity contribution in [2.75, 3.05) is 7.11 Å². The summed E-state index contributed by atoms with van der Waals surface area (Å²) in [7, 11) is 1.32. The van der Waals surface area contributed by atoms with Gasteiger partial charge >= 0.3 is 5.97 Å². The van der Waals surface area contributed by atoms with Crippen molar-refractivity contribution in [3.8, 4) is 0 Å². The minimum atomic E-state index is -1.27. The van der Waals surface area contributed by atoms with Gasteiger partial charge in [-0.05, 0) is 37.8 Å². The third-order valence-corrected chi connectivity index (χ3v) is 5.44. The number of aliphatic hydroxyl groups is 2. The summed E-state index contributed by atoms with van der Waals surface area (Å²) in [6.07, 6.45) is 3.03. The Morgan fingerprint density at radius 3 is 2.67 bits per heavy atom. The Balaban J connectivity index is 2.36. The van der Waals surface area contributed by atoms with Crippen LogP contribution in [0.25, 0.3) is 0 Å². The van der Waals surface area contributed by atoms with E-state index in [-0.39, 0.29) is 17.7 Å². The number of ether oxygens (including phenoxy) is 1. The summed E-state index contributed by atoms with van der Waals surface area (Å²) in [6, 6.07) is 0. The van der Waals surface area contributed by atoms with Gasteiger partial charge in [-0.15, -0.1) is 0 Å². The van der Waals surface area contributed by atoms with E-state index in [1.807, 2.05) is 0 Å². The average Bonchev–Trinajstić information content (AvgIpc) is 2.42. The molecule has 0 bridgehead atoms. The molecule has 2 rings (SSSR count). The third kappa shape index (κ3) is 2.42. The molecule has 1 fully saturated rings. The highest BCUT2D eigenvalue weighted by atomic mass is 16.5. The number of aliphatic hydroxyl groups excluding tert-OH is 1. The summed E-state index contributed by atoms with van der Waals surface area (Å²) in [5.41, 5.74) is -2.05. The molecule has 0 radical (unpaired) electrons. The molecule has 0 aromatic rings. The second kappa shape index (κ2) is 5.21.